The molecule has 36 heavy (non-hydrogen) atoms. The van der Waals surface area contributed by atoms with Crippen LogP contribution in [0.4, 0.5) is 11.4 Å². The van der Waals surface area contributed by atoms with E-state index in [1.807, 2.05) is 86.6 Å². The van der Waals surface area contributed by atoms with Gasteiger partial charge >= 0.3 is 0 Å². The van der Waals surface area contributed by atoms with Crippen molar-refractivity contribution >= 4 is 35.0 Å². The molecule has 1 unspecified atom stereocenters. The molecule has 0 aliphatic rings. The summed E-state index contributed by atoms with van der Waals surface area (Å²) in [6.07, 6.45) is 0. The van der Waals surface area contributed by atoms with Crippen LogP contribution in [0, 0.1) is 13.8 Å². The maximum atomic E-state index is 13.5. The van der Waals surface area contributed by atoms with Gasteiger partial charge in [-0.2, -0.15) is 0 Å². The predicted octanol–water partition coefficient (Wildman–Crippen LogP) is 7.04. The van der Waals surface area contributed by atoms with E-state index in [2.05, 4.69) is 10.6 Å². The summed E-state index contributed by atoms with van der Waals surface area (Å²) in [5.74, 6) is 0.279. The molecule has 2 amide bonds. The van der Waals surface area contributed by atoms with Crippen LogP contribution in [0.5, 0.6) is 5.75 Å². The highest BCUT2D eigenvalue weighted by Gasteiger charge is 2.23. The van der Waals surface area contributed by atoms with Gasteiger partial charge in [0.2, 0.25) is 5.91 Å². The van der Waals surface area contributed by atoms with E-state index < -0.39 is 5.25 Å². The van der Waals surface area contributed by atoms with Crippen molar-refractivity contribution in [3.63, 3.8) is 0 Å². The maximum absolute atomic E-state index is 13.5. The van der Waals surface area contributed by atoms with Gasteiger partial charge in [0.1, 0.15) is 11.0 Å². The number of amides is 2. The summed E-state index contributed by atoms with van der Waals surface area (Å²) in [4.78, 5) is 27.1. The van der Waals surface area contributed by atoms with Crippen molar-refractivity contribution in [3.05, 3.63) is 119 Å². The Morgan fingerprint density at radius 3 is 2.36 bits per heavy atom. The Morgan fingerprint density at radius 2 is 1.58 bits per heavy atom. The van der Waals surface area contributed by atoms with E-state index in [1.165, 1.54) is 11.8 Å². The minimum absolute atomic E-state index is 0.106. The van der Waals surface area contributed by atoms with Gasteiger partial charge in [-0.3, -0.25) is 9.59 Å². The second kappa shape index (κ2) is 11.6. The number of aryl methyl sites for hydroxylation is 2. The lowest BCUT2D eigenvalue weighted by molar-refractivity contribution is -0.115. The van der Waals surface area contributed by atoms with Crippen LogP contribution in [-0.4, -0.2) is 18.9 Å². The summed E-state index contributed by atoms with van der Waals surface area (Å²) in [5.41, 5.74) is 4.95. The highest BCUT2D eigenvalue weighted by Crippen LogP contribution is 2.37. The van der Waals surface area contributed by atoms with Gasteiger partial charge in [0.05, 0.1) is 7.11 Å². The Balaban J connectivity index is 1.55. The number of anilines is 2. The quantitative estimate of drug-likeness (QED) is 0.257. The van der Waals surface area contributed by atoms with E-state index in [0.717, 1.165) is 27.3 Å². The molecule has 0 aliphatic heterocycles. The fraction of sp³-hybridized carbons (Fsp3) is 0.133. The van der Waals surface area contributed by atoms with Crippen molar-refractivity contribution in [2.45, 2.75) is 24.0 Å². The van der Waals surface area contributed by atoms with E-state index in [9.17, 15) is 9.59 Å². The molecule has 4 rings (SSSR count). The molecule has 0 spiro atoms. The van der Waals surface area contributed by atoms with Crippen LogP contribution in [0.25, 0.3) is 0 Å². The third-order valence-corrected chi connectivity index (χ3v) is 6.92. The summed E-state index contributed by atoms with van der Waals surface area (Å²) in [5, 5.41) is 5.57. The van der Waals surface area contributed by atoms with Gasteiger partial charge in [0.25, 0.3) is 5.91 Å². The van der Waals surface area contributed by atoms with Crippen LogP contribution < -0.4 is 15.4 Å². The van der Waals surface area contributed by atoms with Crippen LogP contribution in [0.15, 0.2) is 102 Å². The Labute approximate surface area is 215 Å². The second-order valence-corrected chi connectivity index (χ2v) is 9.61. The topological polar surface area (TPSA) is 67.4 Å². The van der Waals surface area contributed by atoms with E-state index >= 15 is 0 Å². The van der Waals surface area contributed by atoms with E-state index in [-0.39, 0.29) is 11.8 Å². The summed E-state index contributed by atoms with van der Waals surface area (Å²) in [7, 11) is 1.57. The lowest BCUT2D eigenvalue weighted by Crippen LogP contribution is -2.19. The normalized spacial score (nSPS) is 11.4. The first-order valence-corrected chi connectivity index (χ1v) is 12.5. The first kappa shape index (κ1) is 25.1. The second-order valence-electron chi connectivity index (χ2n) is 8.43. The molecule has 4 aromatic carbocycles. The zero-order chi connectivity index (χ0) is 25.5. The molecule has 0 aromatic heterocycles. The van der Waals surface area contributed by atoms with E-state index in [0.29, 0.717) is 17.0 Å². The average molecular weight is 497 g/mol. The van der Waals surface area contributed by atoms with Crippen molar-refractivity contribution in [2.75, 3.05) is 17.7 Å². The van der Waals surface area contributed by atoms with E-state index in [4.69, 9.17) is 4.74 Å². The largest absolute Gasteiger partial charge is 0.497 e. The molecule has 2 N–H and O–H groups in total. The number of hydrogen-bond acceptors (Lipinski definition) is 4. The minimum atomic E-state index is -0.476. The third-order valence-electron chi connectivity index (χ3n) is 5.67. The number of nitrogens with one attached hydrogen (secondary N) is 2. The smallest absolute Gasteiger partial charge is 0.255 e. The molecule has 5 nitrogen and oxygen atoms in total. The van der Waals surface area contributed by atoms with E-state index in [1.54, 1.807) is 31.4 Å². The van der Waals surface area contributed by atoms with Gasteiger partial charge in [-0.25, -0.2) is 0 Å². The fourth-order valence-corrected chi connectivity index (χ4v) is 4.80. The summed E-state index contributed by atoms with van der Waals surface area (Å²) in [6, 6.07) is 30.2. The number of thioether (sulfide) groups is 1. The minimum Gasteiger partial charge on any atom is -0.497 e. The molecular formula is C30H28N2O3S. The summed E-state index contributed by atoms with van der Waals surface area (Å²) >= 11 is 1.44. The lowest BCUT2D eigenvalue weighted by Gasteiger charge is -2.19. The molecule has 1 atom stereocenters. The van der Waals surface area contributed by atoms with Gasteiger partial charge in [-0.1, -0.05) is 54.6 Å². The zero-order valence-corrected chi connectivity index (χ0v) is 21.3. The highest BCUT2D eigenvalue weighted by atomic mass is 32.2. The van der Waals surface area contributed by atoms with Crippen molar-refractivity contribution in [3.8, 4) is 5.75 Å². The molecule has 0 bridgehead atoms. The molecule has 0 saturated heterocycles. The predicted molar refractivity (Wildman–Crippen MR) is 147 cm³/mol. The number of carbonyl (C=O) groups is 2. The molecule has 0 fully saturated rings. The van der Waals surface area contributed by atoms with Crippen molar-refractivity contribution in [2.24, 2.45) is 0 Å². The van der Waals surface area contributed by atoms with Crippen LogP contribution in [0.3, 0.4) is 0 Å². The first-order valence-electron chi connectivity index (χ1n) is 11.6. The monoisotopic (exact) mass is 496 g/mol. The molecule has 6 heteroatoms. The Kier molecular flexibility index (Phi) is 8.08. The average Bonchev–Trinajstić information content (AvgIpc) is 2.90. The standard InChI is InChI=1S/C30H28N2O3S/c1-20-15-16-21(2)27(17-20)32-30(34)28(22-9-5-4-6-10-22)36-26-14-8-12-24(19-26)31-29(33)23-11-7-13-25(18-23)35-3/h4-19,28H,1-3H3,(H,31,33)(H,32,34). The van der Waals surface area contributed by atoms with Crippen molar-refractivity contribution in [1.82, 2.24) is 0 Å². The summed E-state index contributed by atoms with van der Waals surface area (Å²) in [6.45, 7) is 3.98. The third kappa shape index (κ3) is 6.34. The van der Waals surface area contributed by atoms with Gasteiger partial charge < -0.3 is 15.4 Å². The van der Waals surface area contributed by atoms with Gasteiger partial charge in [-0.15, -0.1) is 11.8 Å². The first-order chi connectivity index (χ1) is 17.4. The van der Waals surface area contributed by atoms with Gasteiger partial charge in [-0.05, 0) is 73.0 Å². The highest BCUT2D eigenvalue weighted by molar-refractivity contribution is 8.00. The van der Waals surface area contributed by atoms with Crippen LogP contribution >= 0.6 is 11.8 Å². The number of methoxy groups -OCH3 is 1. The van der Waals surface area contributed by atoms with Gasteiger partial charge in [0.15, 0.2) is 0 Å². The Bertz CT molecular complexity index is 1370. The SMILES string of the molecule is COc1cccc(C(=O)Nc2cccc(SC(C(=O)Nc3cc(C)ccc3C)c3ccccc3)c2)c1. The molecule has 182 valence electrons. The Morgan fingerprint density at radius 1 is 0.806 bits per heavy atom. The number of carbonyl (C=O) groups excluding carboxylic acids is 2. The number of benzene rings is 4. The molecule has 0 radical (unpaired) electrons. The number of rotatable bonds is 8. The molecule has 4 aromatic rings. The number of hydrogen-bond donors (Lipinski definition) is 2. The Hall–Kier alpha value is -4.03. The van der Waals surface area contributed by atoms with Crippen LogP contribution in [-0.2, 0) is 4.79 Å². The maximum Gasteiger partial charge on any atom is 0.255 e. The van der Waals surface area contributed by atoms with Gasteiger partial charge in [0, 0.05) is 21.8 Å². The molecule has 0 saturated carbocycles. The zero-order valence-electron chi connectivity index (χ0n) is 20.4. The van der Waals surface area contributed by atoms with Crippen molar-refractivity contribution in [1.29, 1.82) is 0 Å². The van der Waals surface area contributed by atoms with Crippen LogP contribution in [0.2, 0.25) is 0 Å². The number of ether oxygens (including phenoxy) is 1. The molecule has 0 aliphatic carbocycles. The van der Waals surface area contributed by atoms with Crippen LogP contribution in [0.1, 0.15) is 32.3 Å². The fourth-order valence-electron chi connectivity index (χ4n) is 3.72. The lowest BCUT2D eigenvalue weighted by atomic mass is 10.1. The van der Waals surface area contributed by atoms with Crippen molar-refractivity contribution < 1.29 is 14.3 Å². The molecular weight excluding hydrogens is 468 g/mol. The summed E-state index contributed by atoms with van der Waals surface area (Å²) < 4.78 is 5.22. The molecule has 0 heterocycles.